The fourth-order valence-corrected chi connectivity index (χ4v) is 2.00. The lowest BCUT2D eigenvalue weighted by Crippen LogP contribution is -2.24. The summed E-state index contributed by atoms with van der Waals surface area (Å²) in [6.45, 7) is 1.64. The highest BCUT2D eigenvalue weighted by molar-refractivity contribution is 5.90. The van der Waals surface area contributed by atoms with Gasteiger partial charge in [0, 0.05) is 25.2 Å². The number of aliphatic hydroxyl groups excluding tert-OH is 1. The molecule has 2 aromatic carbocycles. The number of aliphatic hydroxyl groups is 1. The number of amides is 1. The second kappa shape index (κ2) is 9.61. The molecule has 3 N–H and O–H groups in total. The summed E-state index contributed by atoms with van der Waals surface area (Å²) in [6, 6.07) is 17.3. The third-order valence-electron chi connectivity index (χ3n) is 3.20. The minimum atomic E-state index is -0.0617. The van der Waals surface area contributed by atoms with E-state index >= 15 is 0 Å². The van der Waals surface area contributed by atoms with E-state index in [2.05, 4.69) is 10.6 Å². The lowest BCUT2D eigenvalue weighted by Gasteiger charge is -2.09. The Morgan fingerprint density at radius 3 is 2.43 bits per heavy atom. The summed E-state index contributed by atoms with van der Waals surface area (Å²) in [7, 11) is 0. The summed E-state index contributed by atoms with van der Waals surface area (Å²) >= 11 is 0. The largest absolute Gasteiger partial charge is 0.489 e. The molecule has 0 aliphatic rings. The highest BCUT2D eigenvalue weighted by Crippen LogP contribution is 2.17. The van der Waals surface area contributed by atoms with Gasteiger partial charge >= 0.3 is 0 Å². The Kier molecular flexibility index (Phi) is 7.10. The van der Waals surface area contributed by atoms with E-state index in [1.807, 2.05) is 54.6 Å². The van der Waals surface area contributed by atoms with E-state index in [-0.39, 0.29) is 12.5 Å². The highest BCUT2D eigenvalue weighted by Gasteiger charge is 2.02. The van der Waals surface area contributed by atoms with Crippen molar-refractivity contribution in [3.63, 3.8) is 0 Å². The molecular formula is C18H22N2O3. The Hall–Kier alpha value is -2.37. The summed E-state index contributed by atoms with van der Waals surface area (Å²) in [5.41, 5.74) is 1.85. The molecule has 0 heterocycles. The standard InChI is InChI=1S/C18H22N2O3/c21-13-12-19-11-10-18(22)20-16-6-8-17(9-7-16)23-14-15-4-2-1-3-5-15/h1-9,19,21H,10-14H2,(H,20,22). The molecule has 0 spiro atoms. The molecule has 0 aromatic heterocycles. The van der Waals surface area contributed by atoms with Crippen molar-refractivity contribution in [2.75, 3.05) is 25.0 Å². The SMILES string of the molecule is O=C(CCNCCO)Nc1ccc(OCc2ccccc2)cc1. The zero-order chi connectivity index (χ0) is 16.3. The normalized spacial score (nSPS) is 10.3. The molecule has 0 saturated carbocycles. The van der Waals surface area contributed by atoms with Crippen molar-refractivity contribution in [2.45, 2.75) is 13.0 Å². The molecule has 5 heteroatoms. The first-order valence-electron chi connectivity index (χ1n) is 7.66. The number of hydrogen-bond acceptors (Lipinski definition) is 4. The number of rotatable bonds is 9. The molecule has 23 heavy (non-hydrogen) atoms. The molecule has 0 aliphatic carbocycles. The molecule has 0 fully saturated rings. The van der Waals surface area contributed by atoms with Crippen molar-refractivity contribution in [1.82, 2.24) is 5.32 Å². The van der Waals surface area contributed by atoms with E-state index in [1.165, 1.54) is 0 Å². The van der Waals surface area contributed by atoms with Gasteiger partial charge < -0.3 is 20.5 Å². The van der Waals surface area contributed by atoms with Gasteiger partial charge in [-0.15, -0.1) is 0 Å². The molecule has 0 saturated heterocycles. The number of anilines is 1. The van der Waals surface area contributed by atoms with Crippen LogP contribution in [0.1, 0.15) is 12.0 Å². The topological polar surface area (TPSA) is 70.6 Å². The first kappa shape index (κ1) is 17.0. The van der Waals surface area contributed by atoms with Gasteiger partial charge in [-0.25, -0.2) is 0 Å². The van der Waals surface area contributed by atoms with Crippen LogP contribution in [0.25, 0.3) is 0 Å². The van der Waals surface area contributed by atoms with Gasteiger partial charge in [0.05, 0.1) is 6.61 Å². The van der Waals surface area contributed by atoms with Crippen molar-refractivity contribution < 1.29 is 14.6 Å². The van der Waals surface area contributed by atoms with Gasteiger partial charge in [-0.2, -0.15) is 0 Å². The number of hydrogen-bond donors (Lipinski definition) is 3. The first-order chi connectivity index (χ1) is 11.3. The lowest BCUT2D eigenvalue weighted by molar-refractivity contribution is -0.116. The van der Waals surface area contributed by atoms with E-state index in [4.69, 9.17) is 9.84 Å². The molecule has 0 unspecified atom stereocenters. The fourth-order valence-electron chi connectivity index (χ4n) is 2.00. The number of benzene rings is 2. The van der Waals surface area contributed by atoms with Crippen LogP contribution >= 0.6 is 0 Å². The van der Waals surface area contributed by atoms with E-state index in [0.29, 0.717) is 26.1 Å². The minimum absolute atomic E-state index is 0.0617. The van der Waals surface area contributed by atoms with Crippen molar-refractivity contribution in [3.05, 3.63) is 60.2 Å². The van der Waals surface area contributed by atoms with Crippen LogP contribution in [0.3, 0.4) is 0 Å². The molecule has 2 rings (SSSR count). The van der Waals surface area contributed by atoms with Crippen LogP contribution in [-0.2, 0) is 11.4 Å². The molecule has 1 amide bonds. The Balaban J connectivity index is 1.74. The summed E-state index contributed by atoms with van der Waals surface area (Å²) in [5.74, 6) is 0.699. The summed E-state index contributed by atoms with van der Waals surface area (Å²) < 4.78 is 5.70. The minimum Gasteiger partial charge on any atom is -0.489 e. The smallest absolute Gasteiger partial charge is 0.225 e. The average molecular weight is 314 g/mol. The number of ether oxygens (including phenoxy) is 1. The number of carbonyl (C=O) groups is 1. The highest BCUT2D eigenvalue weighted by atomic mass is 16.5. The van der Waals surface area contributed by atoms with Gasteiger partial charge in [0.2, 0.25) is 5.91 Å². The summed E-state index contributed by atoms with van der Waals surface area (Å²) in [6.07, 6.45) is 0.367. The second-order valence-electron chi connectivity index (χ2n) is 5.07. The molecule has 0 radical (unpaired) electrons. The van der Waals surface area contributed by atoms with Crippen molar-refractivity contribution >= 4 is 11.6 Å². The molecule has 0 atom stereocenters. The predicted octanol–water partition coefficient (Wildman–Crippen LogP) is 2.18. The van der Waals surface area contributed by atoms with Gasteiger partial charge in [0.25, 0.3) is 0 Å². The van der Waals surface area contributed by atoms with Crippen LogP contribution < -0.4 is 15.4 Å². The maximum absolute atomic E-state index is 11.7. The van der Waals surface area contributed by atoms with Crippen molar-refractivity contribution in [1.29, 1.82) is 0 Å². The Morgan fingerprint density at radius 1 is 1.00 bits per heavy atom. The Bertz CT molecular complexity index is 585. The molecule has 5 nitrogen and oxygen atoms in total. The van der Waals surface area contributed by atoms with E-state index in [1.54, 1.807) is 0 Å². The zero-order valence-corrected chi connectivity index (χ0v) is 13.0. The number of carbonyl (C=O) groups excluding carboxylic acids is 1. The first-order valence-corrected chi connectivity index (χ1v) is 7.66. The molecule has 122 valence electrons. The van der Waals surface area contributed by atoms with E-state index in [0.717, 1.165) is 17.0 Å². The molecule has 0 bridgehead atoms. The van der Waals surface area contributed by atoms with Crippen LogP contribution in [0.4, 0.5) is 5.69 Å². The fraction of sp³-hybridized carbons (Fsp3) is 0.278. The molecular weight excluding hydrogens is 292 g/mol. The molecule has 0 aliphatic heterocycles. The van der Waals surface area contributed by atoms with Gasteiger partial charge in [-0.05, 0) is 29.8 Å². The third kappa shape index (κ3) is 6.50. The maximum Gasteiger partial charge on any atom is 0.225 e. The van der Waals surface area contributed by atoms with Gasteiger partial charge in [0.1, 0.15) is 12.4 Å². The van der Waals surface area contributed by atoms with Gasteiger partial charge in [-0.1, -0.05) is 30.3 Å². The Morgan fingerprint density at radius 2 is 1.74 bits per heavy atom. The van der Waals surface area contributed by atoms with Gasteiger partial charge in [0.15, 0.2) is 0 Å². The molecule has 2 aromatic rings. The van der Waals surface area contributed by atoms with Gasteiger partial charge in [-0.3, -0.25) is 4.79 Å². The van der Waals surface area contributed by atoms with Crippen molar-refractivity contribution in [3.8, 4) is 5.75 Å². The van der Waals surface area contributed by atoms with E-state index in [9.17, 15) is 4.79 Å². The van der Waals surface area contributed by atoms with Crippen LogP contribution in [0.2, 0.25) is 0 Å². The van der Waals surface area contributed by atoms with E-state index < -0.39 is 0 Å². The summed E-state index contributed by atoms with van der Waals surface area (Å²) in [5, 5.41) is 14.4. The third-order valence-corrected chi connectivity index (χ3v) is 3.20. The monoisotopic (exact) mass is 314 g/mol. The zero-order valence-electron chi connectivity index (χ0n) is 13.0. The maximum atomic E-state index is 11.7. The van der Waals surface area contributed by atoms with Crippen molar-refractivity contribution in [2.24, 2.45) is 0 Å². The summed E-state index contributed by atoms with van der Waals surface area (Å²) in [4.78, 5) is 11.7. The van der Waals surface area contributed by atoms with Crippen LogP contribution in [0, 0.1) is 0 Å². The second-order valence-corrected chi connectivity index (χ2v) is 5.07. The average Bonchev–Trinajstić information content (AvgIpc) is 2.59. The van der Waals surface area contributed by atoms with Crippen LogP contribution in [0.5, 0.6) is 5.75 Å². The lowest BCUT2D eigenvalue weighted by atomic mass is 10.2. The Labute approximate surface area is 136 Å². The van der Waals surface area contributed by atoms with Crippen LogP contribution in [-0.4, -0.2) is 30.7 Å². The number of nitrogens with one attached hydrogen (secondary N) is 2. The predicted molar refractivity (Wildman–Crippen MR) is 90.4 cm³/mol. The quantitative estimate of drug-likeness (QED) is 0.621. The van der Waals surface area contributed by atoms with Crippen LogP contribution in [0.15, 0.2) is 54.6 Å².